The standard InChI is InChI=1S/C16H23NO9/c1-25-8-4-2-3-7(5-8)10-13(21)11(17)14(12(20)9(19)6-18)26-16(10,24)15(22)23/h2-5,9-14,18-21,24H,6,17H2,1H3,(H,22,23)/t9-,10?,11-,12-,13+,14-,16?/m1/s1. The lowest BCUT2D eigenvalue weighted by molar-refractivity contribution is -0.302. The van der Waals surface area contributed by atoms with Crippen LogP contribution < -0.4 is 10.5 Å². The number of methoxy groups -OCH3 is 1. The van der Waals surface area contributed by atoms with E-state index in [4.69, 9.17) is 20.3 Å². The third-order valence-corrected chi connectivity index (χ3v) is 4.53. The molecular formula is C16H23NO9. The van der Waals surface area contributed by atoms with Gasteiger partial charge >= 0.3 is 5.97 Å². The molecule has 8 N–H and O–H groups in total. The number of ether oxygens (including phenoxy) is 2. The van der Waals surface area contributed by atoms with Crippen LogP contribution in [0.15, 0.2) is 24.3 Å². The van der Waals surface area contributed by atoms with Crippen molar-refractivity contribution in [1.29, 1.82) is 0 Å². The van der Waals surface area contributed by atoms with Gasteiger partial charge in [0.15, 0.2) is 0 Å². The van der Waals surface area contributed by atoms with Crippen molar-refractivity contribution in [1.82, 2.24) is 0 Å². The highest BCUT2D eigenvalue weighted by atomic mass is 16.7. The lowest BCUT2D eigenvalue weighted by atomic mass is 9.77. The number of hydrogen-bond donors (Lipinski definition) is 7. The minimum atomic E-state index is -2.94. The van der Waals surface area contributed by atoms with Crippen molar-refractivity contribution >= 4 is 5.97 Å². The molecule has 10 heteroatoms. The van der Waals surface area contributed by atoms with Gasteiger partial charge in [0.1, 0.15) is 24.1 Å². The van der Waals surface area contributed by atoms with E-state index >= 15 is 0 Å². The predicted octanol–water partition coefficient (Wildman–Crippen LogP) is -2.65. The van der Waals surface area contributed by atoms with E-state index in [1.807, 2.05) is 0 Å². The van der Waals surface area contributed by atoms with E-state index in [-0.39, 0.29) is 5.56 Å². The van der Waals surface area contributed by atoms with Crippen molar-refractivity contribution in [3.05, 3.63) is 29.8 Å². The summed E-state index contributed by atoms with van der Waals surface area (Å²) in [7, 11) is 1.39. The Balaban J connectivity index is 2.47. The lowest BCUT2D eigenvalue weighted by Crippen LogP contribution is -2.69. The summed E-state index contributed by atoms with van der Waals surface area (Å²) in [5, 5.41) is 59.3. The fourth-order valence-corrected chi connectivity index (χ4v) is 3.07. The summed E-state index contributed by atoms with van der Waals surface area (Å²) < 4.78 is 10.2. The van der Waals surface area contributed by atoms with E-state index in [2.05, 4.69) is 0 Å². The minimum Gasteiger partial charge on any atom is -0.497 e. The summed E-state index contributed by atoms with van der Waals surface area (Å²) in [4.78, 5) is 11.7. The minimum absolute atomic E-state index is 0.188. The molecule has 0 bridgehead atoms. The van der Waals surface area contributed by atoms with Crippen LogP contribution in [-0.2, 0) is 9.53 Å². The Morgan fingerprint density at radius 2 is 2.08 bits per heavy atom. The number of aliphatic carboxylic acids is 1. The van der Waals surface area contributed by atoms with Crippen molar-refractivity contribution in [2.75, 3.05) is 13.7 Å². The quantitative estimate of drug-likeness (QED) is 0.278. The fraction of sp³-hybridized carbons (Fsp3) is 0.562. The van der Waals surface area contributed by atoms with Gasteiger partial charge in [-0.25, -0.2) is 4.79 Å². The van der Waals surface area contributed by atoms with Crippen molar-refractivity contribution in [3.8, 4) is 5.75 Å². The highest BCUT2D eigenvalue weighted by molar-refractivity contribution is 5.77. The molecule has 0 aromatic heterocycles. The Morgan fingerprint density at radius 1 is 1.42 bits per heavy atom. The molecule has 1 aliphatic heterocycles. The van der Waals surface area contributed by atoms with Gasteiger partial charge in [-0.15, -0.1) is 0 Å². The maximum atomic E-state index is 11.7. The third-order valence-electron chi connectivity index (χ3n) is 4.53. The van der Waals surface area contributed by atoms with Gasteiger partial charge in [0.25, 0.3) is 5.79 Å². The van der Waals surface area contributed by atoms with E-state index in [0.29, 0.717) is 5.75 Å². The van der Waals surface area contributed by atoms with Gasteiger partial charge < -0.3 is 45.8 Å². The Kier molecular flexibility index (Phi) is 6.19. The molecule has 1 aromatic carbocycles. The number of hydrogen-bond acceptors (Lipinski definition) is 9. The van der Waals surface area contributed by atoms with Crippen LogP contribution >= 0.6 is 0 Å². The Labute approximate surface area is 149 Å². The van der Waals surface area contributed by atoms with Crippen molar-refractivity contribution in [2.45, 2.75) is 42.2 Å². The van der Waals surface area contributed by atoms with Crippen molar-refractivity contribution in [3.63, 3.8) is 0 Å². The normalized spacial score (nSPS) is 34.1. The molecule has 0 aliphatic carbocycles. The summed E-state index contributed by atoms with van der Waals surface area (Å²) in [5.41, 5.74) is 6.06. The van der Waals surface area contributed by atoms with Gasteiger partial charge in [0, 0.05) is 0 Å². The number of aliphatic hydroxyl groups is 5. The first-order valence-corrected chi connectivity index (χ1v) is 7.85. The molecule has 1 fully saturated rings. The highest BCUT2D eigenvalue weighted by Crippen LogP contribution is 2.41. The summed E-state index contributed by atoms with van der Waals surface area (Å²) in [5.74, 6) is -5.90. The molecule has 2 rings (SSSR count). The molecule has 2 unspecified atom stereocenters. The van der Waals surface area contributed by atoms with Crippen LogP contribution in [0.4, 0.5) is 0 Å². The lowest BCUT2D eigenvalue weighted by Gasteiger charge is -2.48. The fourth-order valence-electron chi connectivity index (χ4n) is 3.07. The van der Waals surface area contributed by atoms with E-state index in [1.165, 1.54) is 25.3 Å². The maximum Gasteiger partial charge on any atom is 0.365 e. The van der Waals surface area contributed by atoms with Crippen LogP contribution in [-0.4, -0.2) is 86.6 Å². The molecule has 1 aliphatic rings. The molecule has 0 spiro atoms. The molecule has 0 saturated carbocycles. The second-order valence-corrected chi connectivity index (χ2v) is 6.15. The van der Waals surface area contributed by atoms with Crippen LogP contribution in [0.3, 0.4) is 0 Å². The first kappa shape index (κ1) is 20.5. The monoisotopic (exact) mass is 373 g/mol. The van der Waals surface area contributed by atoms with Crippen molar-refractivity contribution in [2.24, 2.45) is 5.73 Å². The van der Waals surface area contributed by atoms with Crippen LogP contribution in [0.5, 0.6) is 5.75 Å². The zero-order valence-corrected chi connectivity index (χ0v) is 14.0. The first-order chi connectivity index (χ1) is 12.2. The molecule has 1 heterocycles. The number of nitrogens with two attached hydrogens (primary N) is 1. The molecule has 1 saturated heterocycles. The van der Waals surface area contributed by atoms with Crippen LogP contribution in [0.25, 0.3) is 0 Å². The number of carboxylic acids is 1. The second-order valence-electron chi connectivity index (χ2n) is 6.15. The predicted molar refractivity (Wildman–Crippen MR) is 86.3 cm³/mol. The zero-order valence-electron chi connectivity index (χ0n) is 14.0. The summed E-state index contributed by atoms with van der Waals surface area (Å²) in [6, 6.07) is 4.63. The highest BCUT2D eigenvalue weighted by Gasteiger charge is 2.59. The van der Waals surface area contributed by atoms with E-state index < -0.39 is 54.7 Å². The van der Waals surface area contributed by atoms with Gasteiger partial charge in [-0.05, 0) is 17.7 Å². The second kappa shape index (κ2) is 7.84. The Hall–Kier alpha value is -1.79. The molecular weight excluding hydrogens is 350 g/mol. The van der Waals surface area contributed by atoms with Crippen LogP contribution in [0.1, 0.15) is 11.5 Å². The zero-order chi connectivity index (χ0) is 19.6. The number of carbonyl (C=O) groups is 1. The molecule has 1 aromatic rings. The van der Waals surface area contributed by atoms with Gasteiger partial charge in [-0.1, -0.05) is 12.1 Å². The number of rotatable bonds is 6. The molecule has 0 amide bonds. The average Bonchev–Trinajstić information content (AvgIpc) is 2.63. The summed E-state index contributed by atoms with van der Waals surface area (Å²) in [6.45, 7) is -0.853. The Bertz CT molecular complexity index is 642. The van der Waals surface area contributed by atoms with E-state index in [0.717, 1.165) is 0 Å². The number of carboxylic acid groups (broad SMARTS) is 1. The van der Waals surface area contributed by atoms with Gasteiger partial charge in [0.05, 0.1) is 31.8 Å². The first-order valence-electron chi connectivity index (χ1n) is 7.85. The molecule has 26 heavy (non-hydrogen) atoms. The summed E-state index contributed by atoms with van der Waals surface area (Å²) >= 11 is 0. The SMILES string of the molecule is COc1cccc(C2[C@H](O)[C@@H](N)[C@H]([C@H](O)[C@H](O)CO)OC2(O)C(=O)O)c1. The Morgan fingerprint density at radius 3 is 2.62 bits per heavy atom. The molecule has 0 radical (unpaired) electrons. The van der Waals surface area contributed by atoms with Gasteiger partial charge in [0.2, 0.25) is 0 Å². The largest absolute Gasteiger partial charge is 0.497 e. The molecule has 10 nitrogen and oxygen atoms in total. The average molecular weight is 373 g/mol. The number of aliphatic hydroxyl groups excluding tert-OH is 4. The van der Waals surface area contributed by atoms with Gasteiger partial charge in [-0.2, -0.15) is 0 Å². The topological polar surface area (TPSA) is 183 Å². The summed E-state index contributed by atoms with van der Waals surface area (Å²) in [6.07, 6.45) is -6.83. The van der Waals surface area contributed by atoms with E-state index in [9.17, 15) is 30.3 Å². The smallest absolute Gasteiger partial charge is 0.365 e. The van der Waals surface area contributed by atoms with Crippen molar-refractivity contribution < 1.29 is 44.9 Å². The number of benzene rings is 1. The van der Waals surface area contributed by atoms with Crippen LogP contribution in [0, 0.1) is 0 Å². The maximum absolute atomic E-state index is 11.7. The van der Waals surface area contributed by atoms with Gasteiger partial charge in [-0.3, -0.25) is 0 Å². The van der Waals surface area contributed by atoms with E-state index in [1.54, 1.807) is 6.07 Å². The van der Waals surface area contributed by atoms with Crippen LogP contribution in [0.2, 0.25) is 0 Å². The molecule has 7 atom stereocenters. The third kappa shape index (κ3) is 3.53. The molecule has 146 valence electrons.